The second-order valence-corrected chi connectivity index (χ2v) is 5.79. The summed E-state index contributed by atoms with van der Waals surface area (Å²) in [5.74, 6) is 1.47. The van der Waals surface area contributed by atoms with E-state index in [1.54, 1.807) is 0 Å². The Kier molecular flexibility index (Phi) is 6.10. The first-order valence-electron chi connectivity index (χ1n) is 8.38. The topological polar surface area (TPSA) is 38.8 Å². The van der Waals surface area contributed by atoms with E-state index >= 15 is 0 Å². The summed E-state index contributed by atoms with van der Waals surface area (Å²) in [6.07, 6.45) is 4.32. The van der Waals surface area contributed by atoms with Gasteiger partial charge in [-0.3, -0.25) is 4.79 Å². The van der Waals surface area contributed by atoms with Gasteiger partial charge in [-0.15, -0.1) is 0 Å². The van der Waals surface area contributed by atoms with E-state index in [1.807, 2.05) is 30.0 Å². The van der Waals surface area contributed by atoms with Crippen LogP contribution in [0.3, 0.4) is 0 Å². The van der Waals surface area contributed by atoms with Crippen molar-refractivity contribution in [1.29, 1.82) is 0 Å². The predicted octanol–water partition coefficient (Wildman–Crippen LogP) is 3.89. The lowest BCUT2D eigenvalue weighted by Crippen LogP contribution is -2.42. The molecule has 0 bridgehead atoms. The SMILES string of the molecule is CCCOc1ccc(C(=O)N2CCCCC2C)cc1OCC. The number of rotatable bonds is 6. The van der Waals surface area contributed by atoms with E-state index in [0.29, 0.717) is 36.3 Å². The van der Waals surface area contributed by atoms with E-state index < -0.39 is 0 Å². The van der Waals surface area contributed by atoms with E-state index in [0.717, 1.165) is 25.8 Å². The molecule has 0 spiro atoms. The fraction of sp³-hybridized carbons (Fsp3) is 0.611. The average molecular weight is 305 g/mol. The van der Waals surface area contributed by atoms with Crippen LogP contribution >= 0.6 is 0 Å². The molecule has 0 N–H and O–H groups in total. The van der Waals surface area contributed by atoms with Crippen LogP contribution in [-0.4, -0.2) is 36.6 Å². The molecule has 1 amide bonds. The van der Waals surface area contributed by atoms with Gasteiger partial charge in [-0.2, -0.15) is 0 Å². The summed E-state index contributed by atoms with van der Waals surface area (Å²) >= 11 is 0. The van der Waals surface area contributed by atoms with Gasteiger partial charge in [0.05, 0.1) is 13.2 Å². The molecule has 0 aromatic heterocycles. The van der Waals surface area contributed by atoms with Gasteiger partial charge >= 0.3 is 0 Å². The van der Waals surface area contributed by atoms with Gasteiger partial charge in [-0.1, -0.05) is 6.92 Å². The molecular formula is C18H27NO3. The molecule has 1 fully saturated rings. The molecule has 4 heteroatoms. The summed E-state index contributed by atoms with van der Waals surface area (Å²) in [4.78, 5) is 14.7. The van der Waals surface area contributed by atoms with E-state index in [9.17, 15) is 4.79 Å². The normalized spacial score (nSPS) is 18.1. The Morgan fingerprint density at radius 1 is 1.23 bits per heavy atom. The Morgan fingerprint density at radius 2 is 2.05 bits per heavy atom. The number of amides is 1. The van der Waals surface area contributed by atoms with Crippen LogP contribution in [0.15, 0.2) is 18.2 Å². The van der Waals surface area contributed by atoms with Gasteiger partial charge in [0.2, 0.25) is 0 Å². The second kappa shape index (κ2) is 8.06. The number of piperidine rings is 1. The number of hydrogen-bond donors (Lipinski definition) is 0. The van der Waals surface area contributed by atoms with Gasteiger partial charge < -0.3 is 14.4 Å². The van der Waals surface area contributed by atoms with Crippen molar-refractivity contribution in [1.82, 2.24) is 4.90 Å². The number of hydrogen-bond acceptors (Lipinski definition) is 3. The van der Waals surface area contributed by atoms with Crippen molar-refractivity contribution in [2.45, 2.75) is 52.5 Å². The largest absolute Gasteiger partial charge is 0.490 e. The van der Waals surface area contributed by atoms with Crippen molar-refractivity contribution < 1.29 is 14.3 Å². The molecule has 2 rings (SSSR count). The second-order valence-electron chi connectivity index (χ2n) is 5.79. The van der Waals surface area contributed by atoms with E-state index in [2.05, 4.69) is 13.8 Å². The summed E-state index contributed by atoms with van der Waals surface area (Å²) in [6.45, 7) is 8.18. The molecule has 0 radical (unpaired) electrons. The van der Waals surface area contributed by atoms with Crippen LogP contribution in [-0.2, 0) is 0 Å². The standard InChI is InChI=1S/C18H27NO3/c1-4-12-22-16-10-9-15(13-17(16)21-5-2)18(20)19-11-7-6-8-14(19)3/h9-10,13-14H,4-8,11-12H2,1-3H3. The molecule has 1 aromatic rings. The van der Waals surface area contributed by atoms with Gasteiger partial charge in [-0.05, 0) is 57.7 Å². The Morgan fingerprint density at radius 3 is 2.73 bits per heavy atom. The third kappa shape index (κ3) is 3.93. The van der Waals surface area contributed by atoms with Crippen LogP contribution in [0.1, 0.15) is 56.8 Å². The number of nitrogens with zero attached hydrogens (tertiary/aromatic N) is 1. The van der Waals surface area contributed by atoms with Gasteiger partial charge in [0.1, 0.15) is 0 Å². The highest BCUT2D eigenvalue weighted by Crippen LogP contribution is 2.30. The third-order valence-corrected chi connectivity index (χ3v) is 4.02. The lowest BCUT2D eigenvalue weighted by atomic mass is 10.0. The first-order valence-corrected chi connectivity index (χ1v) is 8.38. The van der Waals surface area contributed by atoms with Crippen molar-refractivity contribution in [3.63, 3.8) is 0 Å². The molecule has 1 aliphatic heterocycles. The minimum Gasteiger partial charge on any atom is -0.490 e. The zero-order valence-electron chi connectivity index (χ0n) is 13.9. The fourth-order valence-corrected chi connectivity index (χ4v) is 2.81. The Bertz CT molecular complexity index is 501. The minimum atomic E-state index is 0.0928. The fourth-order valence-electron chi connectivity index (χ4n) is 2.81. The zero-order chi connectivity index (χ0) is 15.9. The van der Waals surface area contributed by atoms with Crippen molar-refractivity contribution in [3.05, 3.63) is 23.8 Å². The Balaban J connectivity index is 2.19. The van der Waals surface area contributed by atoms with Crippen molar-refractivity contribution in [2.24, 2.45) is 0 Å². The summed E-state index contributed by atoms with van der Waals surface area (Å²) < 4.78 is 11.3. The van der Waals surface area contributed by atoms with Crippen LogP contribution in [0.25, 0.3) is 0 Å². The Hall–Kier alpha value is -1.71. The van der Waals surface area contributed by atoms with Gasteiger partial charge in [0.15, 0.2) is 11.5 Å². The number of carbonyl (C=O) groups is 1. The summed E-state index contributed by atoms with van der Waals surface area (Å²) in [5, 5.41) is 0. The van der Waals surface area contributed by atoms with Gasteiger partial charge in [0.25, 0.3) is 5.91 Å². The molecule has 1 saturated heterocycles. The summed E-state index contributed by atoms with van der Waals surface area (Å²) in [6, 6.07) is 5.82. The van der Waals surface area contributed by atoms with E-state index in [-0.39, 0.29) is 5.91 Å². The number of benzene rings is 1. The van der Waals surface area contributed by atoms with Crippen LogP contribution in [0, 0.1) is 0 Å². The maximum Gasteiger partial charge on any atom is 0.254 e. The number of carbonyl (C=O) groups excluding carboxylic acids is 1. The maximum absolute atomic E-state index is 12.7. The molecule has 1 aliphatic rings. The number of ether oxygens (including phenoxy) is 2. The molecule has 0 aliphatic carbocycles. The van der Waals surface area contributed by atoms with Gasteiger partial charge in [-0.25, -0.2) is 0 Å². The third-order valence-electron chi connectivity index (χ3n) is 4.02. The smallest absolute Gasteiger partial charge is 0.254 e. The molecule has 1 unspecified atom stereocenters. The lowest BCUT2D eigenvalue weighted by Gasteiger charge is -2.33. The molecule has 22 heavy (non-hydrogen) atoms. The van der Waals surface area contributed by atoms with Crippen LogP contribution in [0.4, 0.5) is 0 Å². The lowest BCUT2D eigenvalue weighted by molar-refractivity contribution is 0.0635. The van der Waals surface area contributed by atoms with E-state index in [4.69, 9.17) is 9.47 Å². The highest BCUT2D eigenvalue weighted by Gasteiger charge is 2.25. The predicted molar refractivity (Wildman–Crippen MR) is 87.7 cm³/mol. The maximum atomic E-state index is 12.7. The van der Waals surface area contributed by atoms with Crippen LogP contribution in [0.2, 0.25) is 0 Å². The average Bonchev–Trinajstić information content (AvgIpc) is 2.54. The molecule has 1 heterocycles. The van der Waals surface area contributed by atoms with E-state index in [1.165, 1.54) is 6.42 Å². The first-order chi connectivity index (χ1) is 10.7. The first kappa shape index (κ1) is 16.7. The summed E-state index contributed by atoms with van der Waals surface area (Å²) in [5.41, 5.74) is 0.682. The highest BCUT2D eigenvalue weighted by molar-refractivity contribution is 5.95. The highest BCUT2D eigenvalue weighted by atomic mass is 16.5. The molecule has 1 aromatic carbocycles. The minimum absolute atomic E-state index is 0.0928. The van der Waals surface area contributed by atoms with Crippen molar-refractivity contribution >= 4 is 5.91 Å². The zero-order valence-corrected chi connectivity index (χ0v) is 13.9. The van der Waals surface area contributed by atoms with Crippen LogP contribution in [0.5, 0.6) is 11.5 Å². The summed E-state index contributed by atoms with van der Waals surface area (Å²) in [7, 11) is 0. The van der Waals surface area contributed by atoms with Crippen molar-refractivity contribution in [3.8, 4) is 11.5 Å². The molecular weight excluding hydrogens is 278 g/mol. The van der Waals surface area contributed by atoms with Crippen LogP contribution < -0.4 is 9.47 Å². The quantitative estimate of drug-likeness (QED) is 0.800. The molecule has 1 atom stereocenters. The van der Waals surface area contributed by atoms with Crippen molar-refractivity contribution in [2.75, 3.05) is 19.8 Å². The molecule has 4 nitrogen and oxygen atoms in total. The van der Waals surface area contributed by atoms with Gasteiger partial charge in [0, 0.05) is 18.2 Å². The number of likely N-dealkylation sites (tertiary alicyclic amines) is 1. The molecule has 122 valence electrons. The molecule has 0 saturated carbocycles. The Labute approximate surface area is 133 Å². The monoisotopic (exact) mass is 305 g/mol.